The van der Waals surface area contributed by atoms with Crippen LogP contribution < -0.4 is 0 Å². The summed E-state index contributed by atoms with van der Waals surface area (Å²) in [4.78, 5) is 9.90. The van der Waals surface area contributed by atoms with Gasteiger partial charge < -0.3 is 0 Å². The average Bonchev–Trinajstić information content (AvgIpc) is 2.96. The minimum Gasteiger partial charge on any atom is -0.235 e. The van der Waals surface area contributed by atoms with Crippen molar-refractivity contribution in [1.82, 2.24) is 9.97 Å². The molecule has 0 unspecified atom stereocenters. The third-order valence-corrected chi connectivity index (χ3v) is 4.63. The number of hydrogen-bond donors (Lipinski definition) is 0. The van der Waals surface area contributed by atoms with Crippen LogP contribution in [0.1, 0.15) is 25.3 Å². The van der Waals surface area contributed by atoms with E-state index in [2.05, 4.69) is 46.5 Å². The zero-order valence-corrected chi connectivity index (χ0v) is 13.5. The highest BCUT2D eigenvalue weighted by Gasteiger charge is 2.08. The lowest BCUT2D eigenvalue weighted by Gasteiger charge is -2.06. The summed E-state index contributed by atoms with van der Waals surface area (Å²) in [6.07, 6.45) is 4.64. The van der Waals surface area contributed by atoms with Crippen molar-refractivity contribution in [2.75, 3.05) is 0 Å². The molecule has 0 aliphatic carbocycles. The molecule has 3 aromatic rings. The number of thiophene rings is 1. The summed E-state index contributed by atoms with van der Waals surface area (Å²) >= 11 is 7.12. The highest BCUT2D eigenvalue weighted by atomic mass is 32.1. The van der Waals surface area contributed by atoms with Crippen molar-refractivity contribution in [2.45, 2.75) is 26.2 Å². The Kier molecular flexibility index (Phi) is 4.36. The number of rotatable bonds is 5. The molecule has 2 heterocycles. The van der Waals surface area contributed by atoms with Gasteiger partial charge in [-0.05, 0) is 34.4 Å². The lowest BCUT2D eigenvalue weighted by atomic mass is 10.0. The molecule has 21 heavy (non-hydrogen) atoms. The van der Waals surface area contributed by atoms with Gasteiger partial charge >= 0.3 is 0 Å². The average molecular weight is 312 g/mol. The molecule has 0 spiro atoms. The topological polar surface area (TPSA) is 25.8 Å². The molecule has 0 bridgehead atoms. The van der Waals surface area contributed by atoms with Crippen molar-refractivity contribution in [1.29, 1.82) is 0 Å². The summed E-state index contributed by atoms with van der Waals surface area (Å²) in [5.74, 6) is 0. The first-order valence-corrected chi connectivity index (χ1v) is 8.36. The summed E-state index contributed by atoms with van der Waals surface area (Å²) in [7, 11) is 0. The van der Waals surface area contributed by atoms with Crippen LogP contribution in [0.4, 0.5) is 0 Å². The second kappa shape index (κ2) is 6.41. The van der Waals surface area contributed by atoms with Crippen molar-refractivity contribution >= 4 is 38.6 Å². The van der Waals surface area contributed by atoms with Gasteiger partial charge in [-0.1, -0.05) is 43.8 Å². The molecule has 0 saturated heterocycles. The smallest absolute Gasteiger partial charge is 0.116 e. The molecule has 0 N–H and O–H groups in total. The highest BCUT2D eigenvalue weighted by Crippen LogP contribution is 2.29. The maximum Gasteiger partial charge on any atom is 0.116 e. The summed E-state index contributed by atoms with van der Waals surface area (Å²) in [5.41, 5.74) is 4.42. The minimum atomic E-state index is 0.871. The number of thiocarbonyl (C=S) groups is 1. The van der Waals surface area contributed by atoms with Gasteiger partial charge in [-0.25, -0.2) is 9.97 Å². The van der Waals surface area contributed by atoms with Crippen LogP contribution >= 0.6 is 23.6 Å². The highest BCUT2D eigenvalue weighted by molar-refractivity contribution is 7.80. The Hall–Kier alpha value is -1.65. The van der Waals surface area contributed by atoms with E-state index in [0.29, 0.717) is 0 Å². The van der Waals surface area contributed by atoms with Crippen LogP contribution in [0.2, 0.25) is 0 Å². The Labute approximate surface area is 133 Å². The lowest BCUT2D eigenvalue weighted by molar-refractivity contribution is 0.989. The van der Waals surface area contributed by atoms with Crippen molar-refractivity contribution in [3.8, 4) is 11.3 Å². The summed E-state index contributed by atoms with van der Waals surface area (Å²) in [6, 6.07) is 10.6. The van der Waals surface area contributed by atoms with Crippen LogP contribution in [0.5, 0.6) is 0 Å². The Bertz CT molecular complexity index is 777. The molecule has 1 aromatic carbocycles. The largest absolute Gasteiger partial charge is 0.235 e. The molecule has 0 radical (unpaired) electrons. The van der Waals surface area contributed by atoms with Crippen LogP contribution in [-0.2, 0) is 6.42 Å². The first-order chi connectivity index (χ1) is 10.3. The Morgan fingerprint density at radius 1 is 1.24 bits per heavy atom. The van der Waals surface area contributed by atoms with E-state index in [-0.39, 0.29) is 0 Å². The standard InChI is InChI=1S/C17H16N2S2/c1-2-4-14(20)10-12-5-3-6-13(9-12)16-17-15(7-8-21-17)18-11-19-16/h3,5-9,11H,2,4,10H2,1H3. The number of nitrogens with zero attached hydrogens (tertiary/aromatic N) is 2. The van der Waals surface area contributed by atoms with Crippen LogP contribution in [0.15, 0.2) is 42.0 Å². The molecule has 0 atom stereocenters. The molecule has 2 aromatic heterocycles. The van der Waals surface area contributed by atoms with Gasteiger partial charge in [-0.3, -0.25) is 0 Å². The van der Waals surface area contributed by atoms with E-state index in [4.69, 9.17) is 12.2 Å². The monoisotopic (exact) mass is 312 g/mol. The van der Waals surface area contributed by atoms with Crippen molar-refractivity contribution < 1.29 is 0 Å². The van der Waals surface area contributed by atoms with E-state index in [0.717, 1.165) is 45.6 Å². The second-order valence-corrected chi connectivity index (χ2v) is 6.52. The Balaban J connectivity index is 1.96. The van der Waals surface area contributed by atoms with Crippen molar-refractivity contribution in [2.24, 2.45) is 0 Å². The Morgan fingerprint density at radius 3 is 3.00 bits per heavy atom. The molecule has 3 rings (SSSR count). The predicted octanol–water partition coefficient (Wildman–Crippen LogP) is 5.07. The first kappa shape index (κ1) is 14.3. The number of aromatic nitrogens is 2. The first-order valence-electron chi connectivity index (χ1n) is 7.07. The van der Waals surface area contributed by atoms with Crippen LogP contribution in [0, 0.1) is 0 Å². The summed E-state index contributed by atoms with van der Waals surface area (Å²) in [6.45, 7) is 2.16. The van der Waals surface area contributed by atoms with Crippen LogP contribution in [0.3, 0.4) is 0 Å². The molecule has 0 amide bonds. The number of benzene rings is 1. The third-order valence-electron chi connectivity index (χ3n) is 3.37. The molecule has 106 valence electrons. The van der Waals surface area contributed by atoms with Crippen molar-refractivity contribution in [3.63, 3.8) is 0 Å². The van der Waals surface area contributed by atoms with Gasteiger partial charge in [0.1, 0.15) is 6.33 Å². The van der Waals surface area contributed by atoms with Gasteiger partial charge in [0.2, 0.25) is 0 Å². The van der Waals surface area contributed by atoms with Gasteiger partial charge in [0.05, 0.1) is 15.9 Å². The van der Waals surface area contributed by atoms with Gasteiger partial charge in [0.15, 0.2) is 0 Å². The van der Waals surface area contributed by atoms with E-state index >= 15 is 0 Å². The van der Waals surface area contributed by atoms with Gasteiger partial charge in [-0.15, -0.1) is 11.3 Å². The van der Waals surface area contributed by atoms with E-state index < -0.39 is 0 Å². The lowest BCUT2D eigenvalue weighted by Crippen LogP contribution is -1.99. The normalized spacial score (nSPS) is 10.9. The third kappa shape index (κ3) is 3.17. The quantitative estimate of drug-likeness (QED) is 0.615. The Morgan fingerprint density at radius 2 is 2.14 bits per heavy atom. The molecule has 0 saturated carbocycles. The van der Waals surface area contributed by atoms with Gasteiger partial charge in [0, 0.05) is 12.0 Å². The fraction of sp³-hybridized carbons (Fsp3) is 0.235. The molecular formula is C17H16N2S2. The molecule has 2 nitrogen and oxygen atoms in total. The zero-order valence-electron chi connectivity index (χ0n) is 11.9. The molecular weight excluding hydrogens is 296 g/mol. The fourth-order valence-electron chi connectivity index (χ4n) is 2.42. The van der Waals surface area contributed by atoms with Gasteiger partial charge in [0.25, 0.3) is 0 Å². The fourth-order valence-corrected chi connectivity index (χ4v) is 3.65. The molecule has 0 aliphatic heterocycles. The van der Waals surface area contributed by atoms with E-state index in [1.165, 1.54) is 5.56 Å². The second-order valence-electron chi connectivity index (χ2n) is 5.02. The van der Waals surface area contributed by atoms with Gasteiger partial charge in [-0.2, -0.15) is 0 Å². The van der Waals surface area contributed by atoms with Crippen LogP contribution in [-0.4, -0.2) is 14.8 Å². The summed E-state index contributed by atoms with van der Waals surface area (Å²) < 4.78 is 1.14. The SMILES string of the molecule is CCCC(=S)Cc1cccc(-c2ncnc3ccsc23)c1. The molecule has 0 fully saturated rings. The number of fused-ring (bicyclic) bond motifs is 1. The van der Waals surface area contributed by atoms with Crippen molar-refractivity contribution in [3.05, 3.63) is 47.6 Å². The minimum absolute atomic E-state index is 0.871. The molecule has 0 aliphatic rings. The summed E-state index contributed by atoms with van der Waals surface area (Å²) in [5, 5.41) is 2.06. The zero-order chi connectivity index (χ0) is 14.7. The van der Waals surface area contributed by atoms with E-state index in [9.17, 15) is 0 Å². The maximum atomic E-state index is 5.43. The number of hydrogen-bond acceptors (Lipinski definition) is 4. The molecule has 4 heteroatoms. The predicted molar refractivity (Wildman–Crippen MR) is 94.1 cm³/mol. The maximum absolute atomic E-state index is 5.43. The van der Waals surface area contributed by atoms with Crippen LogP contribution in [0.25, 0.3) is 21.5 Å². The van der Waals surface area contributed by atoms with E-state index in [1.54, 1.807) is 17.7 Å². The van der Waals surface area contributed by atoms with E-state index in [1.807, 2.05) is 6.07 Å².